The van der Waals surface area contributed by atoms with E-state index in [1.165, 1.54) is 0 Å². The molecule has 1 amide bonds. The number of fused-ring (bicyclic) bond motifs is 1. The number of sulfone groups is 1. The molecule has 0 saturated carbocycles. The van der Waals surface area contributed by atoms with Crippen molar-refractivity contribution in [2.24, 2.45) is 5.92 Å². The lowest BCUT2D eigenvalue weighted by molar-refractivity contribution is -0.116. The van der Waals surface area contributed by atoms with Crippen molar-refractivity contribution >= 4 is 32.2 Å². The van der Waals surface area contributed by atoms with Gasteiger partial charge in [0.05, 0.1) is 11.5 Å². The van der Waals surface area contributed by atoms with E-state index in [4.69, 9.17) is 0 Å². The van der Waals surface area contributed by atoms with Crippen LogP contribution in [0, 0.1) is 5.92 Å². The Hall–Kier alpha value is -1.88. The third-order valence-electron chi connectivity index (χ3n) is 3.86. The summed E-state index contributed by atoms with van der Waals surface area (Å²) in [6, 6.07) is 13.6. The standard InChI is InChI=1S/C16H17NO3S/c18-16(10-12-8-9-21(19,20)11-12)17-15-7-3-5-13-4-1-2-6-14(13)15/h1-7,12H,8-11H2,(H,17,18). The van der Waals surface area contributed by atoms with Crippen LogP contribution in [0.5, 0.6) is 0 Å². The number of carbonyl (C=O) groups is 1. The third kappa shape index (κ3) is 3.24. The van der Waals surface area contributed by atoms with Gasteiger partial charge in [0.25, 0.3) is 0 Å². The normalized spacial score (nSPS) is 20.5. The second-order valence-electron chi connectivity index (χ2n) is 5.55. The molecule has 1 aliphatic heterocycles. The molecule has 1 saturated heterocycles. The van der Waals surface area contributed by atoms with Gasteiger partial charge in [-0.2, -0.15) is 0 Å². The van der Waals surface area contributed by atoms with Crippen LogP contribution in [-0.4, -0.2) is 25.8 Å². The third-order valence-corrected chi connectivity index (χ3v) is 5.70. The molecule has 3 rings (SSSR count). The maximum Gasteiger partial charge on any atom is 0.224 e. The van der Waals surface area contributed by atoms with E-state index in [1.807, 2.05) is 42.5 Å². The zero-order chi connectivity index (χ0) is 14.9. The van der Waals surface area contributed by atoms with Gasteiger partial charge in [0.2, 0.25) is 5.91 Å². The van der Waals surface area contributed by atoms with Crippen molar-refractivity contribution in [3.05, 3.63) is 42.5 Å². The van der Waals surface area contributed by atoms with E-state index >= 15 is 0 Å². The smallest absolute Gasteiger partial charge is 0.224 e. The van der Waals surface area contributed by atoms with Crippen LogP contribution in [0.2, 0.25) is 0 Å². The van der Waals surface area contributed by atoms with Crippen molar-refractivity contribution in [1.29, 1.82) is 0 Å². The second-order valence-corrected chi connectivity index (χ2v) is 7.78. The number of benzene rings is 2. The van der Waals surface area contributed by atoms with E-state index in [2.05, 4.69) is 5.32 Å². The minimum absolute atomic E-state index is 0.0509. The minimum atomic E-state index is -2.93. The average molecular weight is 303 g/mol. The molecule has 0 aromatic heterocycles. The highest BCUT2D eigenvalue weighted by Gasteiger charge is 2.29. The van der Waals surface area contributed by atoms with Crippen molar-refractivity contribution < 1.29 is 13.2 Å². The fraction of sp³-hybridized carbons (Fsp3) is 0.312. The average Bonchev–Trinajstić information content (AvgIpc) is 2.78. The van der Waals surface area contributed by atoms with Crippen LogP contribution in [0.15, 0.2) is 42.5 Å². The van der Waals surface area contributed by atoms with Crippen molar-refractivity contribution in [3.8, 4) is 0 Å². The van der Waals surface area contributed by atoms with Crippen LogP contribution >= 0.6 is 0 Å². The molecule has 110 valence electrons. The summed E-state index contributed by atoms with van der Waals surface area (Å²) in [7, 11) is -2.93. The summed E-state index contributed by atoms with van der Waals surface area (Å²) >= 11 is 0. The first-order valence-electron chi connectivity index (χ1n) is 7.01. The Morgan fingerprint density at radius 3 is 2.67 bits per heavy atom. The lowest BCUT2D eigenvalue weighted by atomic mass is 10.0. The SMILES string of the molecule is O=C(CC1CCS(=O)(=O)C1)Nc1cccc2ccccc12. The summed E-state index contributed by atoms with van der Waals surface area (Å²) < 4.78 is 22.8. The van der Waals surface area contributed by atoms with Gasteiger partial charge in [0.15, 0.2) is 9.84 Å². The summed E-state index contributed by atoms with van der Waals surface area (Å²) in [6.07, 6.45) is 0.855. The topological polar surface area (TPSA) is 63.2 Å². The number of anilines is 1. The number of carbonyl (C=O) groups excluding carboxylic acids is 1. The van der Waals surface area contributed by atoms with Gasteiger partial charge in [-0.15, -0.1) is 0 Å². The van der Waals surface area contributed by atoms with Crippen LogP contribution in [0.25, 0.3) is 10.8 Å². The molecular weight excluding hydrogens is 286 g/mol. The zero-order valence-corrected chi connectivity index (χ0v) is 12.4. The lowest BCUT2D eigenvalue weighted by Crippen LogP contribution is -2.17. The van der Waals surface area contributed by atoms with Crippen molar-refractivity contribution in [2.45, 2.75) is 12.8 Å². The number of hydrogen-bond donors (Lipinski definition) is 1. The summed E-state index contributed by atoms with van der Waals surface area (Å²) in [5.41, 5.74) is 0.777. The van der Waals surface area contributed by atoms with Gasteiger partial charge in [-0.1, -0.05) is 36.4 Å². The molecule has 1 unspecified atom stereocenters. The number of amides is 1. The first kappa shape index (κ1) is 14.1. The number of rotatable bonds is 3. The van der Waals surface area contributed by atoms with Gasteiger partial charge in [0.1, 0.15) is 0 Å². The highest BCUT2D eigenvalue weighted by molar-refractivity contribution is 7.91. The van der Waals surface area contributed by atoms with E-state index in [0.717, 1.165) is 16.5 Å². The monoisotopic (exact) mass is 303 g/mol. The largest absolute Gasteiger partial charge is 0.326 e. The Morgan fingerprint density at radius 1 is 1.14 bits per heavy atom. The molecule has 2 aromatic rings. The summed E-state index contributed by atoms with van der Waals surface area (Å²) in [5.74, 6) is 0.174. The van der Waals surface area contributed by atoms with E-state index in [0.29, 0.717) is 6.42 Å². The predicted octanol–water partition coefficient (Wildman–Crippen LogP) is 2.60. The molecule has 0 aliphatic carbocycles. The highest BCUT2D eigenvalue weighted by atomic mass is 32.2. The van der Waals surface area contributed by atoms with Crippen LogP contribution in [0.4, 0.5) is 5.69 Å². The predicted molar refractivity (Wildman–Crippen MR) is 84.0 cm³/mol. The molecule has 1 fully saturated rings. The first-order valence-corrected chi connectivity index (χ1v) is 8.84. The molecule has 0 radical (unpaired) electrons. The quantitative estimate of drug-likeness (QED) is 0.948. The van der Waals surface area contributed by atoms with Crippen LogP contribution in [0.1, 0.15) is 12.8 Å². The van der Waals surface area contributed by atoms with E-state index in [1.54, 1.807) is 0 Å². The Morgan fingerprint density at radius 2 is 1.90 bits per heavy atom. The molecule has 4 nitrogen and oxygen atoms in total. The zero-order valence-electron chi connectivity index (χ0n) is 11.6. The Balaban J connectivity index is 1.72. The first-order chi connectivity index (χ1) is 10.0. The van der Waals surface area contributed by atoms with E-state index in [-0.39, 0.29) is 29.8 Å². The van der Waals surface area contributed by atoms with E-state index in [9.17, 15) is 13.2 Å². The van der Waals surface area contributed by atoms with Gasteiger partial charge >= 0.3 is 0 Å². The van der Waals surface area contributed by atoms with Crippen molar-refractivity contribution in [1.82, 2.24) is 0 Å². The van der Waals surface area contributed by atoms with Gasteiger partial charge in [-0.05, 0) is 23.8 Å². The lowest BCUT2D eigenvalue weighted by Gasteiger charge is -2.11. The number of nitrogens with one attached hydrogen (secondary N) is 1. The maximum atomic E-state index is 12.1. The molecule has 1 heterocycles. The molecule has 2 aromatic carbocycles. The van der Waals surface area contributed by atoms with Crippen LogP contribution in [0.3, 0.4) is 0 Å². The fourth-order valence-electron chi connectivity index (χ4n) is 2.83. The van der Waals surface area contributed by atoms with E-state index < -0.39 is 9.84 Å². The Kier molecular flexibility index (Phi) is 3.68. The van der Waals surface area contributed by atoms with Gasteiger partial charge in [0, 0.05) is 17.5 Å². The molecular formula is C16H17NO3S. The van der Waals surface area contributed by atoms with Gasteiger partial charge < -0.3 is 5.32 Å². The maximum absolute atomic E-state index is 12.1. The fourth-order valence-corrected chi connectivity index (χ4v) is 4.69. The molecule has 21 heavy (non-hydrogen) atoms. The molecule has 0 bridgehead atoms. The number of hydrogen-bond acceptors (Lipinski definition) is 3. The molecule has 1 aliphatic rings. The minimum Gasteiger partial charge on any atom is -0.326 e. The van der Waals surface area contributed by atoms with Crippen molar-refractivity contribution in [3.63, 3.8) is 0 Å². The van der Waals surface area contributed by atoms with Crippen LogP contribution < -0.4 is 5.32 Å². The molecule has 1 atom stereocenters. The molecule has 5 heteroatoms. The molecule has 1 N–H and O–H groups in total. The Bertz CT molecular complexity index is 778. The molecule has 0 spiro atoms. The van der Waals surface area contributed by atoms with Crippen molar-refractivity contribution in [2.75, 3.05) is 16.8 Å². The van der Waals surface area contributed by atoms with Gasteiger partial charge in [-0.25, -0.2) is 8.42 Å². The van der Waals surface area contributed by atoms with Crippen LogP contribution in [-0.2, 0) is 14.6 Å². The Labute approximate surface area is 124 Å². The highest BCUT2D eigenvalue weighted by Crippen LogP contribution is 2.25. The summed E-state index contributed by atoms with van der Waals surface area (Å²) in [5, 5.41) is 4.97. The summed E-state index contributed by atoms with van der Waals surface area (Å²) in [6.45, 7) is 0. The second kappa shape index (κ2) is 5.48. The summed E-state index contributed by atoms with van der Waals surface area (Å²) in [4.78, 5) is 12.1. The van der Waals surface area contributed by atoms with Gasteiger partial charge in [-0.3, -0.25) is 4.79 Å².